The monoisotopic (exact) mass is 270 g/mol. The lowest BCUT2D eigenvalue weighted by Gasteiger charge is -2.45. The molecular formula is C14H26N2O3. The molecule has 0 bridgehead atoms. The van der Waals surface area contributed by atoms with E-state index in [4.69, 9.17) is 4.74 Å². The second kappa shape index (κ2) is 5.29. The second-order valence-electron chi connectivity index (χ2n) is 6.96. The Morgan fingerprint density at radius 3 is 2.53 bits per heavy atom. The van der Waals surface area contributed by atoms with Crippen LogP contribution in [0.25, 0.3) is 0 Å². The first kappa shape index (κ1) is 14.6. The van der Waals surface area contributed by atoms with Crippen molar-refractivity contribution in [1.82, 2.24) is 10.2 Å². The van der Waals surface area contributed by atoms with E-state index in [9.17, 15) is 9.90 Å². The van der Waals surface area contributed by atoms with Crippen molar-refractivity contribution in [2.75, 3.05) is 26.2 Å². The smallest absolute Gasteiger partial charge is 0.410 e. The van der Waals surface area contributed by atoms with Gasteiger partial charge in [0.05, 0.1) is 6.10 Å². The molecule has 0 aromatic rings. The van der Waals surface area contributed by atoms with Crippen molar-refractivity contribution < 1.29 is 14.6 Å². The summed E-state index contributed by atoms with van der Waals surface area (Å²) in [4.78, 5) is 13.8. The molecule has 110 valence electrons. The molecule has 0 saturated carbocycles. The Morgan fingerprint density at radius 1 is 1.37 bits per heavy atom. The van der Waals surface area contributed by atoms with E-state index in [-0.39, 0.29) is 17.6 Å². The Kier molecular flexibility index (Phi) is 4.06. The molecule has 2 rings (SSSR count). The third-order valence-electron chi connectivity index (χ3n) is 4.02. The number of ether oxygens (including phenoxy) is 1. The van der Waals surface area contributed by atoms with Crippen LogP contribution in [0.5, 0.6) is 0 Å². The summed E-state index contributed by atoms with van der Waals surface area (Å²) in [6, 6.07) is 0. The Bertz CT molecular complexity index is 330. The van der Waals surface area contributed by atoms with E-state index in [0.717, 1.165) is 38.9 Å². The van der Waals surface area contributed by atoms with Crippen LogP contribution in [-0.4, -0.2) is 54.0 Å². The summed E-state index contributed by atoms with van der Waals surface area (Å²) < 4.78 is 5.40. The Balaban J connectivity index is 1.87. The van der Waals surface area contributed by atoms with E-state index in [1.165, 1.54) is 0 Å². The molecule has 1 amide bonds. The maximum Gasteiger partial charge on any atom is 0.410 e. The van der Waals surface area contributed by atoms with Crippen LogP contribution in [0.1, 0.15) is 40.0 Å². The standard InChI is InChI=1S/C14H26N2O3/c1-13(2,3)19-12(18)16-6-4-14(5-7-16)8-11(17)9-15-10-14/h11,15,17H,4-10H2,1-3H3. The van der Waals surface area contributed by atoms with Gasteiger partial charge in [0, 0.05) is 26.2 Å². The number of carbonyl (C=O) groups excluding carboxylic acids is 1. The van der Waals surface area contributed by atoms with Crippen molar-refractivity contribution in [2.24, 2.45) is 5.41 Å². The molecule has 2 aliphatic rings. The molecule has 5 heteroatoms. The van der Waals surface area contributed by atoms with Crippen molar-refractivity contribution in [3.05, 3.63) is 0 Å². The topological polar surface area (TPSA) is 61.8 Å². The van der Waals surface area contributed by atoms with Gasteiger partial charge < -0.3 is 20.1 Å². The van der Waals surface area contributed by atoms with Crippen molar-refractivity contribution in [2.45, 2.75) is 51.7 Å². The van der Waals surface area contributed by atoms with Crippen LogP contribution in [0.3, 0.4) is 0 Å². The molecule has 2 saturated heterocycles. The zero-order valence-corrected chi connectivity index (χ0v) is 12.2. The van der Waals surface area contributed by atoms with Gasteiger partial charge >= 0.3 is 6.09 Å². The molecule has 2 heterocycles. The fourth-order valence-electron chi connectivity index (χ4n) is 3.02. The second-order valence-corrected chi connectivity index (χ2v) is 6.96. The first-order valence-corrected chi connectivity index (χ1v) is 7.16. The summed E-state index contributed by atoms with van der Waals surface area (Å²) in [5.41, 5.74) is -0.273. The maximum absolute atomic E-state index is 12.0. The lowest BCUT2D eigenvalue weighted by Crippen LogP contribution is -2.53. The highest BCUT2D eigenvalue weighted by Crippen LogP contribution is 2.37. The Labute approximate surface area is 115 Å². The van der Waals surface area contributed by atoms with E-state index in [2.05, 4.69) is 5.32 Å². The molecule has 1 spiro atoms. The average Bonchev–Trinajstić information content (AvgIpc) is 2.27. The molecule has 2 N–H and O–H groups in total. The molecule has 0 aromatic carbocycles. The fraction of sp³-hybridized carbons (Fsp3) is 0.929. The molecule has 19 heavy (non-hydrogen) atoms. The van der Waals surface area contributed by atoms with Crippen LogP contribution in [0, 0.1) is 5.41 Å². The molecular weight excluding hydrogens is 244 g/mol. The van der Waals surface area contributed by atoms with E-state index in [1.807, 2.05) is 20.8 Å². The Morgan fingerprint density at radius 2 is 2.00 bits per heavy atom. The first-order valence-electron chi connectivity index (χ1n) is 7.16. The molecule has 0 radical (unpaired) electrons. The van der Waals surface area contributed by atoms with E-state index < -0.39 is 5.60 Å². The van der Waals surface area contributed by atoms with Gasteiger partial charge in [-0.15, -0.1) is 0 Å². The molecule has 1 unspecified atom stereocenters. The van der Waals surface area contributed by atoms with Crippen molar-refractivity contribution >= 4 is 6.09 Å². The van der Waals surface area contributed by atoms with Crippen LogP contribution in [0.2, 0.25) is 0 Å². The first-order chi connectivity index (χ1) is 8.80. The van der Waals surface area contributed by atoms with Gasteiger partial charge in [-0.2, -0.15) is 0 Å². The summed E-state index contributed by atoms with van der Waals surface area (Å²) in [5, 5.41) is 13.1. The van der Waals surface area contributed by atoms with E-state index in [1.54, 1.807) is 4.90 Å². The number of β-amino-alcohol motifs (C(OH)–C–C–N with tert-alkyl or cyclic N) is 1. The highest BCUT2D eigenvalue weighted by atomic mass is 16.6. The molecule has 2 aliphatic heterocycles. The molecule has 0 aliphatic carbocycles. The lowest BCUT2D eigenvalue weighted by atomic mass is 9.72. The van der Waals surface area contributed by atoms with Gasteiger partial charge in [0.25, 0.3) is 0 Å². The number of rotatable bonds is 0. The number of carbonyl (C=O) groups is 1. The van der Waals surface area contributed by atoms with Crippen LogP contribution in [0.4, 0.5) is 4.79 Å². The van der Waals surface area contributed by atoms with Gasteiger partial charge in [0.1, 0.15) is 5.60 Å². The average molecular weight is 270 g/mol. The normalized spacial score (nSPS) is 27.4. The minimum Gasteiger partial charge on any atom is -0.444 e. The van der Waals surface area contributed by atoms with Crippen molar-refractivity contribution in [3.63, 3.8) is 0 Å². The van der Waals surface area contributed by atoms with E-state index >= 15 is 0 Å². The maximum atomic E-state index is 12.0. The van der Waals surface area contributed by atoms with Gasteiger partial charge in [-0.25, -0.2) is 4.79 Å². The predicted octanol–water partition coefficient (Wildman–Crippen LogP) is 1.36. The molecule has 2 fully saturated rings. The zero-order chi connectivity index (χ0) is 14.1. The number of piperidine rings is 2. The van der Waals surface area contributed by atoms with Crippen molar-refractivity contribution in [1.29, 1.82) is 0 Å². The largest absolute Gasteiger partial charge is 0.444 e. The van der Waals surface area contributed by atoms with Gasteiger partial charge in [-0.3, -0.25) is 0 Å². The van der Waals surface area contributed by atoms with Gasteiger partial charge in [-0.1, -0.05) is 0 Å². The lowest BCUT2D eigenvalue weighted by molar-refractivity contribution is -0.00805. The minimum atomic E-state index is -0.436. The highest BCUT2D eigenvalue weighted by molar-refractivity contribution is 5.68. The number of aliphatic hydroxyl groups is 1. The number of likely N-dealkylation sites (tertiary alicyclic amines) is 1. The minimum absolute atomic E-state index is 0.163. The summed E-state index contributed by atoms with van der Waals surface area (Å²) in [7, 11) is 0. The number of nitrogens with zero attached hydrogens (tertiary/aromatic N) is 1. The number of hydrogen-bond acceptors (Lipinski definition) is 4. The fourth-order valence-corrected chi connectivity index (χ4v) is 3.02. The van der Waals surface area contributed by atoms with Gasteiger partial charge in [0.15, 0.2) is 0 Å². The third kappa shape index (κ3) is 3.83. The number of nitrogens with one attached hydrogen (secondary N) is 1. The third-order valence-corrected chi connectivity index (χ3v) is 4.02. The molecule has 1 atom stereocenters. The van der Waals surface area contributed by atoms with Crippen LogP contribution in [-0.2, 0) is 4.74 Å². The van der Waals surface area contributed by atoms with Crippen LogP contribution < -0.4 is 5.32 Å². The Hall–Kier alpha value is -0.810. The SMILES string of the molecule is CC(C)(C)OC(=O)N1CCC2(CC1)CNCC(O)C2. The summed E-state index contributed by atoms with van der Waals surface area (Å²) >= 11 is 0. The molecule has 0 aromatic heterocycles. The summed E-state index contributed by atoms with van der Waals surface area (Å²) in [5.74, 6) is 0. The molecule has 5 nitrogen and oxygen atoms in total. The number of aliphatic hydroxyl groups excluding tert-OH is 1. The van der Waals surface area contributed by atoms with Crippen molar-refractivity contribution in [3.8, 4) is 0 Å². The zero-order valence-electron chi connectivity index (χ0n) is 12.2. The summed E-state index contributed by atoms with van der Waals surface area (Å²) in [6.45, 7) is 8.75. The highest BCUT2D eigenvalue weighted by Gasteiger charge is 2.40. The van der Waals surface area contributed by atoms with E-state index in [0.29, 0.717) is 6.54 Å². The van der Waals surface area contributed by atoms with Gasteiger partial charge in [-0.05, 0) is 45.4 Å². The number of hydrogen-bond donors (Lipinski definition) is 2. The summed E-state index contributed by atoms with van der Waals surface area (Å²) in [6.07, 6.45) is 2.27. The quantitative estimate of drug-likeness (QED) is 0.697. The van der Waals surface area contributed by atoms with Crippen LogP contribution in [0.15, 0.2) is 0 Å². The van der Waals surface area contributed by atoms with Crippen LogP contribution >= 0.6 is 0 Å². The van der Waals surface area contributed by atoms with Gasteiger partial charge in [0.2, 0.25) is 0 Å². The predicted molar refractivity (Wildman–Crippen MR) is 73.0 cm³/mol. The number of amides is 1.